The Bertz CT molecular complexity index is 565. The summed E-state index contributed by atoms with van der Waals surface area (Å²) >= 11 is 0. The highest BCUT2D eigenvalue weighted by atomic mass is 19.1. The summed E-state index contributed by atoms with van der Waals surface area (Å²) in [5, 5.41) is 3.23. The second kappa shape index (κ2) is 5.53. The molecule has 0 amide bonds. The lowest BCUT2D eigenvalue weighted by Crippen LogP contribution is -2.23. The maximum absolute atomic E-state index is 13.7. The van der Waals surface area contributed by atoms with Crippen LogP contribution in [0.5, 0.6) is 0 Å². The summed E-state index contributed by atoms with van der Waals surface area (Å²) in [7, 11) is 0. The van der Waals surface area contributed by atoms with Crippen LogP contribution in [0.15, 0.2) is 34.7 Å². The van der Waals surface area contributed by atoms with Gasteiger partial charge in [0, 0.05) is 17.7 Å². The highest BCUT2D eigenvalue weighted by molar-refractivity contribution is 5.22. The molecule has 1 aromatic carbocycles. The number of hydrogen-bond acceptors (Lipinski definition) is 2. The van der Waals surface area contributed by atoms with Gasteiger partial charge in [0.05, 0.1) is 6.04 Å². The van der Waals surface area contributed by atoms with Crippen molar-refractivity contribution in [3.63, 3.8) is 0 Å². The molecule has 102 valence electrons. The minimum Gasteiger partial charge on any atom is -0.465 e. The van der Waals surface area contributed by atoms with Gasteiger partial charge in [0.25, 0.3) is 0 Å². The Balaban J connectivity index is 2.10. The molecule has 0 saturated heterocycles. The molecule has 19 heavy (non-hydrogen) atoms. The zero-order chi connectivity index (χ0) is 14.0. The average molecular weight is 265 g/mol. The van der Waals surface area contributed by atoms with E-state index in [4.69, 9.17) is 4.42 Å². The van der Waals surface area contributed by atoms with Crippen molar-refractivity contribution in [1.82, 2.24) is 5.32 Å². The first-order valence-electron chi connectivity index (χ1n) is 6.24. The van der Waals surface area contributed by atoms with E-state index in [1.807, 2.05) is 32.9 Å². The van der Waals surface area contributed by atoms with Gasteiger partial charge in [-0.1, -0.05) is 6.07 Å². The molecule has 0 spiro atoms. The number of nitrogens with one attached hydrogen (secondary N) is 1. The molecule has 0 aliphatic rings. The van der Waals surface area contributed by atoms with E-state index in [1.165, 1.54) is 12.1 Å². The summed E-state index contributed by atoms with van der Waals surface area (Å²) in [6.45, 7) is 5.65. The van der Waals surface area contributed by atoms with Gasteiger partial charge in [-0.15, -0.1) is 0 Å². The Labute approximate surface area is 111 Å². The molecule has 0 aliphatic carbocycles. The lowest BCUT2D eigenvalue weighted by Gasteiger charge is -2.19. The fraction of sp³-hybridized carbons (Fsp3) is 0.333. The number of hydrogen-bond donors (Lipinski definition) is 1. The smallest absolute Gasteiger partial charge is 0.130 e. The van der Waals surface area contributed by atoms with Crippen molar-refractivity contribution in [1.29, 1.82) is 0 Å². The van der Waals surface area contributed by atoms with Gasteiger partial charge in [-0.3, -0.25) is 0 Å². The largest absolute Gasteiger partial charge is 0.465 e. The molecular weight excluding hydrogens is 248 g/mol. The maximum Gasteiger partial charge on any atom is 0.130 e. The maximum atomic E-state index is 13.7. The molecule has 0 bridgehead atoms. The van der Waals surface area contributed by atoms with Crippen LogP contribution in [0.2, 0.25) is 0 Å². The Morgan fingerprint density at radius 2 is 1.79 bits per heavy atom. The lowest BCUT2D eigenvalue weighted by molar-refractivity contribution is 0.387. The van der Waals surface area contributed by atoms with Gasteiger partial charge in [0.1, 0.15) is 23.2 Å². The molecule has 1 heterocycles. The minimum atomic E-state index is -0.567. The van der Waals surface area contributed by atoms with E-state index in [0.717, 1.165) is 17.6 Å². The summed E-state index contributed by atoms with van der Waals surface area (Å²) in [6, 6.07) is 7.11. The number of rotatable bonds is 4. The third-order valence-electron chi connectivity index (χ3n) is 3.12. The molecular formula is C15H17F2NO. The SMILES string of the molecule is Cc1ccc(C(C)NC(C)c2ccc(F)cc2F)o1. The first-order valence-corrected chi connectivity index (χ1v) is 6.24. The summed E-state index contributed by atoms with van der Waals surface area (Å²) < 4.78 is 32.0. The first-order chi connectivity index (χ1) is 8.97. The monoisotopic (exact) mass is 265 g/mol. The molecule has 2 unspecified atom stereocenters. The highest BCUT2D eigenvalue weighted by Gasteiger charge is 2.16. The van der Waals surface area contributed by atoms with E-state index >= 15 is 0 Å². The predicted octanol–water partition coefficient (Wildman–Crippen LogP) is 4.28. The van der Waals surface area contributed by atoms with E-state index in [1.54, 1.807) is 0 Å². The Hall–Kier alpha value is -1.68. The third-order valence-corrected chi connectivity index (χ3v) is 3.12. The standard InChI is InChI=1S/C15H17F2NO/c1-9-4-7-15(19-9)11(3)18-10(2)13-6-5-12(16)8-14(13)17/h4-8,10-11,18H,1-3H3. The molecule has 4 heteroatoms. The molecule has 2 aromatic rings. The van der Waals surface area contributed by atoms with Crippen LogP contribution in [-0.4, -0.2) is 0 Å². The van der Waals surface area contributed by atoms with E-state index in [0.29, 0.717) is 5.56 Å². The second-order valence-electron chi connectivity index (χ2n) is 4.72. The highest BCUT2D eigenvalue weighted by Crippen LogP contribution is 2.23. The van der Waals surface area contributed by atoms with Crippen molar-refractivity contribution in [2.75, 3.05) is 0 Å². The summed E-state index contributed by atoms with van der Waals surface area (Å²) in [4.78, 5) is 0. The minimum absolute atomic E-state index is 0.0480. The Kier molecular flexibility index (Phi) is 4.00. The van der Waals surface area contributed by atoms with Crippen LogP contribution in [-0.2, 0) is 0 Å². The van der Waals surface area contributed by atoms with Gasteiger partial charge in [0.2, 0.25) is 0 Å². The van der Waals surface area contributed by atoms with E-state index in [-0.39, 0.29) is 12.1 Å². The first kappa shape index (κ1) is 13.7. The van der Waals surface area contributed by atoms with E-state index < -0.39 is 11.6 Å². The van der Waals surface area contributed by atoms with Crippen LogP contribution in [0.4, 0.5) is 8.78 Å². The van der Waals surface area contributed by atoms with Gasteiger partial charge < -0.3 is 9.73 Å². The number of furan rings is 1. The molecule has 0 saturated carbocycles. The fourth-order valence-corrected chi connectivity index (χ4v) is 2.09. The van der Waals surface area contributed by atoms with Crippen LogP contribution in [0.25, 0.3) is 0 Å². The number of halogens is 2. The topological polar surface area (TPSA) is 25.2 Å². The van der Waals surface area contributed by atoms with Crippen LogP contribution in [0, 0.1) is 18.6 Å². The molecule has 2 rings (SSSR count). The summed E-state index contributed by atoms with van der Waals surface area (Å²) in [5.74, 6) is 0.530. The molecule has 0 aliphatic heterocycles. The predicted molar refractivity (Wildman–Crippen MR) is 69.8 cm³/mol. The van der Waals surface area contributed by atoms with Crippen LogP contribution in [0.3, 0.4) is 0 Å². The second-order valence-corrected chi connectivity index (χ2v) is 4.72. The van der Waals surface area contributed by atoms with Gasteiger partial charge in [0.15, 0.2) is 0 Å². The Morgan fingerprint density at radius 1 is 1.05 bits per heavy atom. The van der Waals surface area contributed by atoms with Gasteiger partial charge in [-0.25, -0.2) is 8.78 Å². The average Bonchev–Trinajstić information content (AvgIpc) is 2.75. The van der Waals surface area contributed by atoms with Crippen molar-refractivity contribution in [2.24, 2.45) is 0 Å². The third kappa shape index (κ3) is 3.20. The fourth-order valence-electron chi connectivity index (χ4n) is 2.09. The molecule has 2 atom stereocenters. The zero-order valence-electron chi connectivity index (χ0n) is 11.2. The number of aryl methyl sites for hydroxylation is 1. The van der Waals surface area contributed by atoms with E-state index in [2.05, 4.69) is 5.32 Å². The lowest BCUT2D eigenvalue weighted by atomic mass is 10.1. The van der Waals surface area contributed by atoms with Gasteiger partial charge in [-0.05, 0) is 39.0 Å². The van der Waals surface area contributed by atoms with Gasteiger partial charge >= 0.3 is 0 Å². The van der Waals surface area contributed by atoms with Crippen molar-refractivity contribution in [3.8, 4) is 0 Å². The van der Waals surface area contributed by atoms with Crippen LogP contribution < -0.4 is 5.32 Å². The van der Waals surface area contributed by atoms with Crippen LogP contribution in [0.1, 0.15) is 43.0 Å². The van der Waals surface area contributed by atoms with Crippen molar-refractivity contribution >= 4 is 0 Å². The van der Waals surface area contributed by atoms with Crippen LogP contribution >= 0.6 is 0 Å². The zero-order valence-corrected chi connectivity index (χ0v) is 11.2. The molecule has 1 aromatic heterocycles. The molecule has 0 radical (unpaired) electrons. The molecule has 1 N–H and O–H groups in total. The summed E-state index contributed by atoms with van der Waals surface area (Å²) in [6.07, 6.45) is 0. The molecule has 2 nitrogen and oxygen atoms in total. The van der Waals surface area contributed by atoms with E-state index in [9.17, 15) is 8.78 Å². The quantitative estimate of drug-likeness (QED) is 0.892. The van der Waals surface area contributed by atoms with Crippen molar-refractivity contribution in [2.45, 2.75) is 32.9 Å². The molecule has 0 fully saturated rings. The van der Waals surface area contributed by atoms with Crippen molar-refractivity contribution < 1.29 is 13.2 Å². The van der Waals surface area contributed by atoms with Gasteiger partial charge in [-0.2, -0.15) is 0 Å². The number of benzene rings is 1. The van der Waals surface area contributed by atoms with Crippen molar-refractivity contribution in [3.05, 3.63) is 59.1 Å². The summed E-state index contributed by atoms with van der Waals surface area (Å²) in [5.41, 5.74) is 0.441. The Morgan fingerprint density at radius 3 is 2.37 bits per heavy atom. The normalized spacial score (nSPS) is 14.4.